The third kappa shape index (κ3) is 2.37. The molecule has 0 N–H and O–H groups in total. The predicted octanol–water partition coefficient (Wildman–Crippen LogP) is 1.04. The first kappa shape index (κ1) is 11.0. The highest BCUT2D eigenvalue weighted by molar-refractivity contribution is 5.85. The number of tetrazole rings is 1. The minimum atomic E-state index is -0.439. The van der Waals surface area contributed by atoms with Crippen LogP contribution in [0.1, 0.15) is 43.2 Å². The van der Waals surface area contributed by atoms with Crippen molar-refractivity contribution < 1.29 is 9.53 Å². The molecular formula is C10H16N4O2. The molecule has 0 unspecified atom stereocenters. The van der Waals surface area contributed by atoms with Gasteiger partial charge in [-0.3, -0.25) is 0 Å². The molecule has 0 aliphatic heterocycles. The minimum Gasteiger partial charge on any atom is -0.460 e. The van der Waals surface area contributed by atoms with Crippen molar-refractivity contribution in [1.29, 1.82) is 0 Å². The standard InChI is InChI=1S/C10H16N4O2/c1-2-16-10(15)9-11-12-13-14(9)7-8-5-3-4-6-8/h8H,2-7H2,1H3. The Morgan fingerprint density at radius 3 is 2.94 bits per heavy atom. The lowest BCUT2D eigenvalue weighted by molar-refractivity contribution is 0.0503. The zero-order valence-corrected chi connectivity index (χ0v) is 9.43. The number of esters is 1. The summed E-state index contributed by atoms with van der Waals surface area (Å²) in [5.74, 6) is 0.371. The molecule has 1 fully saturated rings. The van der Waals surface area contributed by atoms with Gasteiger partial charge in [0.2, 0.25) is 0 Å². The van der Waals surface area contributed by atoms with Gasteiger partial charge in [-0.2, -0.15) is 0 Å². The topological polar surface area (TPSA) is 69.9 Å². The summed E-state index contributed by atoms with van der Waals surface area (Å²) in [5, 5.41) is 11.1. The summed E-state index contributed by atoms with van der Waals surface area (Å²) in [4.78, 5) is 11.5. The van der Waals surface area contributed by atoms with Crippen molar-refractivity contribution in [3.63, 3.8) is 0 Å². The van der Waals surface area contributed by atoms with Gasteiger partial charge < -0.3 is 4.74 Å². The Kier molecular flexibility index (Phi) is 3.48. The van der Waals surface area contributed by atoms with E-state index >= 15 is 0 Å². The van der Waals surface area contributed by atoms with Gasteiger partial charge in [-0.25, -0.2) is 9.48 Å². The molecule has 1 aromatic rings. The van der Waals surface area contributed by atoms with E-state index in [1.165, 1.54) is 25.7 Å². The molecule has 1 heterocycles. The Morgan fingerprint density at radius 2 is 2.25 bits per heavy atom. The maximum atomic E-state index is 11.5. The number of rotatable bonds is 4. The van der Waals surface area contributed by atoms with Crippen LogP contribution in [0.15, 0.2) is 0 Å². The summed E-state index contributed by atoms with van der Waals surface area (Å²) >= 11 is 0. The van der Waals surface area contributed by atoms with E-state index in [9.17, 15) is 4.79 Å². The van der Waals surface area contributed by atoms with Gasteiger partial charge in [0.05, 0.1) is 6.61 Å². The summed E-state index contributed by atoms with van der Waals surface area (Å²) in [6.45, 7) is 2.83. The fourth-order valence-electron chi connectivity index (χ4n) is 2.11. The van der Waals surface area contributed by atoms with Crippen molar-refractivity contribution in [1.82, 2.24) is 20.2 Å². The van der Waals surface area contributed by atoms with Crippen molar-refractivity contribution in [3.8, 4) is 0 Å². The molecule has 0 radical (unpaired) electrons. The van der Waals surface area contributed by atoms with Crippen LogP contribution in [0.4, 0.5) is 0 Å². The smallest absolute Gasteiger partial charge is 0.378 e. The Bertz CT molecular complexity index is 357. The molecule has 6 nitrogen and oxygen atoms in total. The molecule has 16 heavy (non-hydrogen) atoms. The van der Waals surface area contributed by atoms with Crippen LogP contribution in [0.2, 0.25) is 0 Å². The molecule has 1 saturated carbocycles. The SMILES string of the molecule is CCOC(=O)c1nnnn1CC1CCCC1. The van der Waals surface area contributed by atoms with E-state index in [0.717, 1.165) is 6.54 Å². The number of carbonyl (C=O) groups is 1. The van der Waals surface area contributed by atoms with Gasteiger partial charge in [0.25, 0.3) is 5.82 Å². The zero-order chi connectivity index (χ0) is 11.4. The molecule has 0 bridgehead atoms. The lowest BCUT2D eigenvalue weighted by Crippen LogP contribution is -2.17. The maximum Gasteiger partial charge on any atom is 0.378 e. The Hall–Kier alpha value is -1.46. The number of hydrogen-bond donors (Lipinski definition) is 0. The molecule has 0 amide bonds. The van der Waals surface area contributed by atoms with Crippen LogP contribution in [0.5, 0.6) is 0 Å². The van der Waals surface area contributed by atoms with Crippen molar-refractivity contribution in [3.05, 3.63) is 5.82 Å². The Balaban J connectivity index is 2.03. The van der Waals surface area contributed by atoms with Crippen LogP contribution >= 0.6 is 0 Å². The van der Waals surface area contributed by atoms with Gasteiger partial charge in [0.1, 0.15) is 0 Å². The van der Waals surface area contributed by atoms with E-state index in [4.69, 9.17) is 4.74 Å². The zero-order valence-electron chi connectivity index (χ0n) is 9.43. The molecule has 88 valence electrons. The molecule has 1 aliphatic carbocycles. The lowest BCUT2D eigenvalue weighted by atomic mass is 10.1. The predicted molar refractivity (Wildman–Crippen MR) is 55.7 cm³/mol. The van der Waals surface area contributed by atoms with Gasteiger partial charge in [-0.1, -0.05) is 12.8 Å². The van der Waals surface area contributed by atoms with Crippen LogP contribution in [0.25, 0.3) is 0 Å². The molecule has 0 saturated heterocycles. The fourth-order valence-corrected chi connectivity index (χ4v) is 2.11. The summed E-state index contributed by atoms with van der Waals surface area (Å²) < 4.78 is 6.45. The Labute approximate surface area is 94.0 Å². The average molecular weight is 224 g/mol. The fraction of sp³-hybridized carbons (Fsp3) is 0.800. The summed E-state index contributed by atoms with van der Waals surface area (Å²) in [6.07, 6.45) is 4.92. The van der Waals surface area contributed by atoms with E-state index < -0.39 is 5.97 Å². The first-order valence-corrected chi connectivity index (χ1v) is 5.74. The van der Waals surface area contributed by atoms with Gasteiger partial charge in [0.15, 0.2) is 0 Å². The average Bonchev–Trinajstić information content (AvgIpc) is 2.90. The highest BCUT2D eigenvalue weighted by Gasteiger charge is 2.21. The second-order valence-corrected chi connectivity index (χ2v) is 4.06. The number of aromatic nitrogens is 4. The van der Waals surface area contributed by atoms with Gasteiger partial charge in [-0.15, -0.1) is 5.10 Å². The number of ether oxygens (including phenoxy) is 1. The lowest BCUT2D eigenvalue weighted by Gasteiger charge is -2.09. The van der Waals surface area contributed by atoms with Gasteiger partial charge in [0, 0.05) is 6.54 Å². The van der Waals surface area contributed by atoms with Crippen molar-refractivity contribution in [2.45, 2.75) is 39.2 Å². The highest BCUT2D eigenvalue weighted by Crippen LogP contribution is 2.25. The summed E-state index contributed by atoms with van der Waals surface area (Å²) in [6, 6.07) is 0. The second-order valence-electron chi connectivity index (χ2n) is 4.06. The summed E-state index contributed by atoms with van der Waals surface area (Å²) in [7, 11) is 0. The van der Waals surface area contributed by atoms with Crippen LogP contribution in [-0.4, -0.2) is 32.8 Å². The molecule has 1 aromatic heterocycles. The van der Waals surface area contributed by atoms with E-state index in [2.05, 4.69) is 15.5 Å². The van der Waals surface area contributed by atoms with E-state index in [0.29, 0.717) is 12.5 Å². The third-order valence-electron chi connectivity index (χ3n) is 2.90. The normalized spacial score (nSPS) is 16.6. The molecule has 0 spiro atoms. The van der Waals surface area contributed by atoms with Gasteiger partial charge >= 0.3 is 5.97 Å². The van der Waals surface area contributed by atoms with Crippen LogP contribution in [0.3, 0.4) is 0 Å². The minimum absolute atomic E-state index is 0.216. The van der Waals surface area contributed by atoms with Crippen LogP contribution in [0, 0.1) is 5.92 Å². The second kappa shape index (κ2) is 5.05. The van der Waals surface area contributed by atoms with E-state index in [1.807, 2.05) is 0 Å². The first-order chi connectivity index (χ1) is 7.81. The third-order valence-corrected chi connectivity index (χ3v) is 2.90. The quantitative estimate of drug-likeness (QED) is 0.715. The van der Waals surface area contributed by atoms with Crippen molar-refractivity contribution >= 4 is 5.97 Å². The van der Waals surface area contributed by atoms with E-state index in [-0.39, 0.29) is 5.82 Å². The molecule has 1 aliphatic rings. The first-order valence-electron chi connectivity index (χ1n) is 5.74. The molecule has 0 aromatic carbocycles. The molecule has 2 rings (SSSR count). The van der Waals surface area contributed by atoms with Gasteiger partial charge in [-0.05, 0) is 36.1 Å². The number of nitrogens with zero attached hydrogens (tertiary/aromatic N) is 4. The number of hydrogen-bond acceptors (Lipinski definition) is 5. The highest BCUT2D eigenvalue weighted by atomic mass is 16.5. The monoisotopic (exact) mass is 224 g/mol. The number of carbonyl (C=O) groups excluding carboxylic acids is 1. The van der Waals surface area contributed by atoms with E-state index in [1.54, 1.807) is 11.6 Å². The Morgan fingerprint density at radius 1 is 1.50 bits per heavy atom. The molecule has 0 atom stereocenters. The largest absolute Gasteiger partial charge is 0.460 e. The van der Waals surface area contributed by atoms with Crippen molar-refractivity contribution in [2.24, 2.45) is 5.92 Å². The molecular weight excluding hydrogens is 208 g/mol. The van der Waals surface area contributed by atoms with Crippen molar-refractivity contribution in [2.75, 3.05) is 6.61 Å². The summed E-state index contributed by atoms with van der Waals surface area (Å²) in [5.41, 5.74) is 0. The van der Waals surface area contributed by atoms with Crippen LogP contribution in [-0.2, 0) is 11.3 Å². The van der Waals surface area contributed by atoms with Crippen LogP contribution < -0.4 is 0 Å². The maximum absolute atomic E-state index is 11.5. The molecule has 6 heteroatoms.